The Balaban J connectivity index is 1.60. The minimum atomic E-state index is -0.0377. The summed E-state index contributed by atoms with van der Waals surface area (Å²) in [6, 6.07) is 3.94. The number of nitrogen functional groups attached to an aromatic ring is 1. The van der Waals surface area contributed by atoms with Crippen molar-refractivity contribution in [3.63, 3.8) is 0 Å². The zero-order valence-electron chi connectivity index (χ0n) is 17.8. The highest BCUT2D eigenvalue weighted by Gasteiger charge is 2.33. The zero-order valence-corrected chi connectivity index (χ0v) is 17.8. The molecule has 0 radical (unpaired) electrons. The van der Waals surface area contributed by atoms with Crippen molar-refractivity contribution in [3.05, 3.63) is 41.1 Å². The fourth-order valence-electron chi connectivity index (χ4n) is 4.48. The average Bonchev–Trinajstić information content (AvgIpc) is 2.75. The first-order valence-electron chi connectivity index (χ1n) is 11.0. The van der Waals surface area contributed by atoms with E-state index in [1.165, 1.54) is 6.42 Å². The first-order chi connectivity index (χ1) is 15.0. The van der Waals surface area contributed by atoms with Gasteiger partial charge < -0.3 is 20.4 Å². The van der Waals surface area contributed by atoms with Crippen LogP contribution in [0.4, 0.5) is 11.8 Å². The van der Waals surface area contributed by atoms with Gasteiger partial charge in [-0.1, -0.05) is 0 Å². The summed E-state index contributed by atoms with van der Waals surface area (Å²) < 4.78 is 7.30. The summed E-state index contributed by atoms with van der Waals surface area (Å²) in [6.45, 7) is 4.44. The lowest BCUT2D eigenvalue weighted by molar-refractivity contribution is 0.0610. The Kier molecular flexibility index (Phi) is 5.09. The largest absolute Gasteiger partial charge is 0.381 e. The molecule has 0 amide bonds. The number of hydrogen-bond acceptors (Lipinski definition) is 7. The molecule has 2 fully saturated rings. The van der Waals surface area contributed by atoms with Crippen molar-refractivity contribution in [2.45, 2.75) is 51.1 Å². The first-order valence-corrected chi connectivity index (χ1v) is 11.0. The SMILES string of the molecule is CC1(Nc2nc(-c3cnc(N)nc3)cc3ccn(CC4CCOCC4)c(=O)c23)CCC1. The summed E-state index contributed by atoms with van der Waals surface area (Å²) in [4.78, 5) is 26.6. The molecule has 1 aliphatic carbocycles. The Morgan fingerprint density at radius 1 is 1.26 bits per heavy atom. The number of rotatable bonds is 5. The maximum absolute atomic E-state index is 13.5. The van der Waals surface area contributed by atoms with Gasteiger partial charge in [-0.25, -0.2) is 15.0 Å². The quantitative estimate of drug-likeness (QED) is 0.652. The molecular formula is C23H28N6O2. The molecule has 3 aromatic heterocycles. The molecule has 1 aliphatic heterocycles. The monoisotopic (exact) mass is 420 g/mol. The molecule has 0 atom stereocenters. The van der Waals surface area contributed by atoms with E-state index in [2.05, 4.69) is 22.2 Å². The van der Waals surface area contributed by atoms with E-state index in [0.717, 1.165) is 55.5 Å². The minimum Gasteiger partial charge on any atom is -0.381 e. The fourth-order valence-corrected chi connectivity index (χ4v) is 4.48. The van der Waals surface area contributed by atoms with Crippen LogP contribution in [-0.2, 0) is 11.3 Å². The van der Waals surface area contributed by atoms with E-state index in [-0.39, 0.29) is 17.0 Å². The normalized spacial score (nSPS) is 18.6. The number of pyridine rings is 2. The van der Waals surface area contributed by atoms with Gasteiger partial charge >= 0.3 is 0 Å². The summed E-state index contributed by atoms with van der Waals surface area (Å²) in [6.07, 6.45) is 10.5. The van der Waals surface area contributed by atoms with E-state index in [1.54, 1.807) is 12.4 Å². The summed E-state index contributed by atoms with van der Waals surface area (Å²) in [5, 5.41) is 5.08. The maximum atomic E-state index is 13.5. The highest BCUT2D eigenvalue weighted by atomic mass is 16.5. The van der Waals surface area contributed by atoms with Crippen LogP contribution in [0, 0.1) is 5.92 Å². The van der Waals surface area contributed by atoms with Crippen LogP contribution in [0.5, 0.6) is 0 Å². The first kappa shape index (κ1) is 19.9. The Morgan fingerprint density at radius 2 is 2.00 bits per heavy atom. The summed E-state index contributed by atoms with van der Waals surface area (Å²) in [7, 11) is 0. The molecular weight excluding hydrogens is 392 g/mol. The van der Waals surface area contributed by atoms with Gasteiger partial charge in [0.15, 0.2) is 0 Å². The minimum absolute atomic E-state index is 0.00187. The molecule has 8 nitrogen and oxygen atoms in total. The van der Waals surface area contributed by atoms with Crippen LogP contribution >= 0.6 is 0 Å². The molecule has 0 bridgehead atoms. The number of anilines is 2. The molecule has 1 saturated heterocycles. The lowest BCUT2D eigenvalue weighted by atomic mass is 9.78. The Bertz CT molecular complexity index is 1150. The van der Waals surface area contributed by atoms with Gasteiger partial charge in [0.1, 0.15) is 5.82 Å². The van der Waals surface area contributed by atoms with Crippen LogP contribution in [0.2, 0.25) is 0 Å². The van der Waals surface area contributed by atoms with Crippen molar-refractivity contribution >= 4 is 22.5 Å². The molecule has 0 spiro atoms. The molecule has 31 heavy (non-hydrogen) atoms. The second-order valence-corrected chi connectivity index (χ2v) is 9.02. The van der Waals surface area contributed by atoms with Gasteiger partial charge in [0.2, 0.25) is 5.95 Å². The number of hydrogen-bond donors (Lipinski definition) is 2. The molecule has 4 heterocycles. The number of ether oxygens (including phenoxy) is 1. The van der Waals surface area contributed by atoms with E-state index in [0.29, 0.717) is 23.7 Å². The maximum Gasteiger partial charge on any atom is 0.262 e. The smallest absolute Gasteiger partial charge is 0.262 e. The van der Waals surface area contributed by atoms with Crippen LogP contribution < -0.4 is 16.6 Å². The van der Waals surface area contributed by atoms with Crippen LogP contribution in [0.1, 0.15) is 39.0 Å². The predicted molar refractivity (Wildman–Crippen MR) is 121 cm³/mol. The van der Waals surface area contributed by atoms with Crippen molar-refractivity contribution in [2.75, 3.05) is 24.3 Å². The molecule has 0 unspecified atom stereocenters. The number of nitrogens with one attached hydrogen (secondary N) is 1. The van der Waals surface area contributed by atoms with Crippen molar-refractivity contribution in [1.82, 2.24) is 19.5 Å². The van der Waals surface area contributed by atoms with Gasteiger partial charge in [-0.3, -0.25) is 4.79 Å². The van der Waals surface area contributed by atoms with Gasteiger partial charge in [-0.2, -0.15) is 0 Å². The molecule has 8 heteroatoms. The number of fused-ring (bicyclic) bond motifs is 1. The summed E-state index contributed by atoms with van der Waals surface area (Å²) >= 11 is 0. The van der Waals surface area contributed by atoms with Crippen LogP contribution in [0.3, 0.4) is 0 Å². The van der Waals surface area contributed by atoms with Gasteiger partial charge in [0.25, 0.3) is 5.56 Å². The fraction of sp³-hybridized carbons (Fsp3) is 0.478. The molecule has 2 aliphatic rings. The topological polar surface area (TPSA) is 108 Å². The predicted octanol–water partition coefficient (Wildman–Crippen LogP) is 3.22. The van der Waals surface area contributed by atoms with E-state index < -0.39 is 0 Å². The summed E-state index contributed by atoms with van der Waals surface area (Å²) in [5.74, 6) is 1.32. The number of nitrogens with zero attached hydrogens (tertiary/aromatic N) is 4. The van der Waals surface area contributed by atoms with Gasteiger partial charge in [-0.15, -0.1) is 0 Å². The summed E-state index contributed by atoms with van der Waals surface area (Å²) in [5.41, 5.74) is 7.09. The Hall–Kier alpha value is -3.00. The van der Waals surface area contributed by atoms with Gasteiger partial charge in [-0.05, 0) is 62.5 Å². The molecule has 3 aromatic rings. The highest BCUT2D eigenvalue weighted by Crippen LogP contribution is 2.36. The third-order valence-corrected chi connectivity index (χ3v) is 6.60. The van der Waals surface area contributed by atoms with Crippen LogP contribution in [0.15, 0.2) is 35.5 Å². The lowest BCUT2D eigenvalue weighted by Crippen LogP contribution is -2.42. The molecule has 5 rings (SSSR count). The molecule has 162 valence electrons. The van der Waals surface area contributed by atoms with Crippen molar-refractivity contribution < 1.29 is 4.74 Å². The molecule has 1 saturated carbocycles. The highest BCUT2D eigenvalue weighted by molar-refractivity contribution is 5.94. The van der Waals surface area contributed by atoms with Crippen molar-refractivity contribution in [2.24, 2.45) is 5.92 Å². The van der Waals surface area contributed by atoms with E-state index in [9.17, 15) is 4.79 Å². The van der Waals surface area contributed by atoms with Crippen LogP contribution in [-0.4, -0.2) is 38.3 Å². The zero-order chi connectivity index (χ0) is 21.4. The van der Waals surface area contributed by atoms with Gasteiger partial charge in [0.05, 0.1) is 11.1 Å². The number of nitrogens with two attached hydrogens (primary N) is 1. The molecule has 3 N–H and O–H groups in total. The third kappa shape index (κ3) is 3.99. The second-order valence-electron chi connectivity index (χ2n) is 9.02. The van der Waals surface area contributed by atoms with Crippen molar-refractivity contribution in [3.8, 4) is 11.3 Å². The molecule has 0 aromatic carbocycles. The van der Waals surface area contributed by atoms with E-state index in [1.807, 2.05) is 22.9 Å². The van der Waals surface area contributed by atoms with E-state index in [4.69, 9.17) is 15.5 Å². The van der Waals surface area contributed by atoms with Gasteiger partial charge in [0, 0.05) is 49.5 Å². The van der Waals surface area contributed by atoms with Crippen LogP contribution in [0.25, 0.3) is 22.0 Å². The Morgan fingerprint density at radius 3 is 2.68 bits per heavy atom. The van der Waals surface area contributed by atoms with Crippen molar-refractivity contribution in [1.29, 1.82) is 0 Å². The standard InChI is InChI=1S/C23H28N6O2/c1-23(6-2-7-23)28-20-19-16(11-18(27-20)17-12-25-22(24)26-13-17)3-8-29(21(19)30)14-15-4-9-31-10-5-15/h3,8,11-13,15H,2,4-7,9-10,14H2,1H3,(H,27,28)(H2,24,25,26). The average molecular weight is 421 g/mol. The second kappa shape index (κ2) is 7.92. The lowest BCUT2D eigenvalue weighted by Gasteiger charge is -2.40. The Labute approximate surface area is 180 Å². The van der Waals surface area contributed by atoms with E-state index >= 15 is 0 Å². The third-order valence-electron chi connectivity index (χ3n) is 6.60. The number of aromatic nitrogens is 4.